The van der Waals surface area contributed by atoms with Gasteiger partial charge in [-0.15, -0.1) is 0 Å². The van der Waals surface area contributed by atoms with Crippen LogP contribution in [-0.4, -0.2) is 37.8 Å². The van der Waals surface area contributed by atoms with Gasteiger partial charge in [0.15, 0.2) is 0 Å². The molecule has 118 heavy (non-hydrogen) atoms. The van der Waals surface area contributed by atoms with Crippen molar-refractivity contribution in [1.29, 1.82) is 0 Å². The van der Waals surface area contributed by atoms with Crippen molar-refractivity contribution in [2.75, 3.05) is 32.9 Å². The van der Waals surface area contributed by atoms with Crippen molar-refractivity contribution >= 4 is 124 Å². The summed E-state index contributed by atoms with van der Waals surface area (Å²) in [5.41, 5.74) is 9.27. The minimum Gasteiger partial charge on any atom is -0.497 e. The van der Waals surface area contributed by atoms with Gasteiger partial charge in [-0.05, 0) is 203 Å². The van der Waals surface area contributed by atoms with Crippen LogP contribution in [0.25, 0.3) is 65.3 Å². The van der Waals surface area contributed by atoms with Gasteiger partial charge < -0.3 is 45.7 Å². The second-order valence-electron chi connectivity index (χ2n) is 27.8. The average molecular weight is 1630 g/mol. The van der Waals surface area contributed by atoms with E-state index in [-0.39, 0.29) is 23.6 Å². The number of amides is 4. The van der Waals surface area contributed by atoms with Crippen LogP contribution >= 0.6 is 34.1 Å². The van der Waals surface area contributed by atoms with Gasteiger partial charge in [0.1, 0.15) is 57.5 Å². The Kier molecular flexibility index (Phi) is 20.0. The molecule has 16 aromatic rings. The van der Waals surface area contributed by atoms with Crippen LogP contribution < -0.4 is 64.3 Å². The molecule has 20 rings (SSSR count). The molecule has 0 aromatic heterocycles. The minimum absolute atomic E-state index is 0.216. The highest BCUT2D eigenvalue weighted by Crippen LogP contribution is 2.62. The number of hydrogen-bond acceptors (Lipinski definition) is 14. The van der Waals surface area contributed by atoms with E-state index in [0.717, 1.165) is 65.3 Å². The molecule has 0 saturated heterocycles. The van der Waals surface area contributed by atoms with E-state index in [2.05, 4.69) is 24.3 Å². The predicted octanol–water partition coefficient (Wildman–Crippen LogP) is 25.3. The summed E-state index contributed by atoms with van der Waals surface area (Å²) in [7, 11) is -5.16. The standard InChI is InChI=1S/C48H34N2O8P2.C48H34N2O6P2/c1-53-35-25-21-33(22-26-35)49-47(51)39-15-7-9-17-41(39)55-59(49)57-43-29-19-31-11-3-5-13-37(31)45(43)46-38-14-6-4-12-32(38)20-30-44(46)58-60-50(34-23-27-36(54-2)28-24-34)48(52)40-16-8-10-18-42(40)56-60;1-31-19-25-35(26-20-31)49-47(51)39-15-7-9-17-41(39)53-57(49)55-43-29-23-33-11-3-5-13-37(33)45(43)46-38-14-6-4-12-34(38)24-30-44(46)56-58-50(36-27-21-32(2)22-28-36)48(52)40-16-8-10-18-42(40)54-58/h3-30H,1-2H3;3-30H,1-2H3. The maximum Gasteiger partial charge on any atom is 0.424 e. The number of benzene rings is 16. The lowest BCUT2D eigenvalue weighted by molar-refractivity contribution is 0.0986. The summed E-state index contributed by atoms with van der Waals surface area (Å²) in [5, 5.41) is 7.40. The summed E-state index contributed by atoms with van der Waals surface area (Å²) in [6.45, 7) is 4.01. The fraction of sp³-hybridized carbons (Fsp3) is 0.0417. The summed E-state index contributed by atoms with van der Waals surface area (Å²) in [6, 6.07) is 107. The molecule has 4 aliphatic rings. The molecule has 22 heteroatoms. The van der Waals surface area contributed by atoms with Crippen LogP contribution in [0, 0.1) is 13.8 Å². The first kappa shape index (κ1) is 74.3. The number of methoxy groups -OCH3 is 2. The van der Waals surface area contributed by atoms with Crippen LogP contribution in [0.15, 0.2) is 340 Å². The first-order chi connectivity index (χ1) is 57.9. The highest BCUT2D eigenvalue weighted by atomic mass is 31.2. The van der Waals surface area contributed by atoms with E-state index in [1.54, 1.807) is 106 Å². The molecular formula is C96H68N4O14P4. The zero-order valence-corrected chi connectivity index (χ0v) is 67.2. The van der Waals surface area contributed by atoms with Crippen molar-refractivity contribution < 1.29 is 64.8 Å². The number of rotatable bonds is 16. The summed E-state index contributed by atoms with van der Waals surface area (Å²) < 4.78 is 71.8. The van der Waals surface area contributed by atoms with E-state index >= 15 is 0 Å². The predicted molar refractivity (Wildman–Crippen MR) is 468 cm³/mol. The van der Waals surface area contributed by atoms with Gasteiger partial charge >= 0.3 is 34.1 Å². The molecule has 0 radical (unpaired) electrons. The third-order valence-corrected chi connectivity index (χ3v) is 26.3. The molecule has 0 spiro atoms. The van der Waals surface area contributed by atoms with E-state index in [9.17, 15) is 19.2 Å². The number of ether oxygens (including phenoxy) is 2. The molecular weight excluding hydrogens is 1560 g/mol. The van der Waals surface area contributed by atoms with E-state index in [1.807, 2.05) is 257 Å². The Hall–Kier alpha value is -13.8. The topological polar surface area (TPSA) is 174 Å². The van der Waals surface area contributed by atoms with Crippen molar-refractivity contribution in [2.24, 2.45) is 0 Å². The molecule has 0 saturated carbocycles. The lowest BCUT2D eigenvalue weighted by atomic mass is 9.92. The number of carbonyl (C=O) groups excluding carboxylic acids is 4. The number of para-hydroxylation sites is 4. The van der Waals surface area contributed by atoms with E-state index in [1.165, 1.54) is 0 Å². The summed E-state index contributed by atoms with van der Waals surface area (Å²) in [4.78, 5) is 57.4. The molecule has 0 fully saturated rings. The minimum atomic E-state index is -2.12. The lowest BCUT2D eigenvalue weighted by Crippen LogP contribution is -2.33. The molecule has 0 bridgehead atoms. The lowest BCUT2D eigenvalue weighted by Gasteiger charge is -2.35. The highest BCUT2D eigenvalue weighted by Gasteiger charge is 2.45. The van der Waals surface area contributed by atoms with Crippen LogP contribution in [0.3, 0.4) is 0 Å². The zero-order chi connectivity index (χ0) is 80.1. The van der Waals surface area contributed by atoms with Gasteiger partial charge in [-0.3, -0.25) is 19.2 Å². The molecule has 0 aliphatic carbocycles. The zero-order valence-electron chi connectivity index (χ0n) is 63.6. The fourth-order valence-electron chi connectivity index (χ4n) is 14.7. The summed E-state index contributed by atoms with van der Waals surface area (Å²) in [6.07, 6.45) is 0. The molecule has 18 nitrogen and oxygen atoms in total. The average Bonchev–Trinajstić information content (AvgIpc) is 0.744. The third kappa shape index (κ3) is 13.9. The summed E-state index contributed by atoms with van der Waals surface area (Å²) >= 11 is 0. The number of carbonyl (C=O) groups is 4. The second-order valence-corrected chi connectivity index (χ2v) is 32.8. The first-order valence-electron chi connectivity index (χ1n) is 37.8. The van der Waals surface area contributed by atoms with E-state index in [4.69, 9.17) is 45.7 Å². The Morgan fingerprint density at radius 1 is 0.237 bits per heavy atom. The van der Waals surface area contributed by atoms with Gasteiger partial charge in [0.25, 0.3) is 23.6 Å². The smallest absolute Gasteiger partial charge is 0.424 e. The van der Waals surface area contributed by atoms with Gasteiger partial charge in [-0.1, -0.05) is 205 Å². The van der Waals surface area contributed by atoms with Crippen molar-refractivity contribution in [1.82, 2.24) is 0 Å². The van der Waals surface area contributed by atoms with Crippen molar-refractivity contribution in [3.63, 3.8) is 0 Å². The molecule has 4 atom stereocenters. The SMILES string of the molecule is COc1ccc(N2C(=O)c3ccccc3OP2Oc2ccc3ccccc3c2-c2c(OP3Oc4ccccc4C(=O)N3c3ccc(OC)cc3)ccc3ccccc23)cc1.Cc1ccc(N2C(=O)c3ccccc3OP2Oc2ccc3ccccc3c2-c2c(OP3Oc4ccccc4C(=O)N3c3ccc(C)cc3)ccc3ccccc23)cc1. The third-order valence-electron chi connectivity index (χ3n) is 20.6. The van der Waals surface area contributed by atoms with Crippen LogP contribution in [0.5, 0.6) is 57.5 Å². The van der Waals surface area contributed by atoms with Crippen LogP contribution in [0.4, 0.5) is 22.7 Å². The van der Waals surface area contributed by atoms with Gasteiger partial charge in [0, 0.05) is 22.3 Å². The van der Waals surface area contributed by atoms with Gasteiger partial charge in [0.2, 0.25) is 0 Å². The molecule has 4 heterocycles. The normalized spacial score (nSPS) is 15.9. The Bertz CT molecular complexity index is 6240. The summed E-state index contributed by atoms with van der Waals surface area (Å²) in [5.74, 6) is 4.00. The molecule has 16 aromatic carbocycles. The molecule has 4 amide bonds. The van der Waals surface area contributed by atoms with Crippen LogP contribution in [0.1, 0.15) is 52.6 Å². The maximum atomic E-state index is 14.4. The van der Waals surface area contributed by atoms with Gasteiger partial charge in [-0.2, -0.15) is 0 Å². The highest BCUT2D eigenvalue weighted by molar-refractivity contribution is 7.52. The Balaban J connectivity index is 0.000000157. The Labute approximate surface area is 683 Å². The number of aryl methyl sites for hydroxylation is 2. The number of fused-ring (bicyclic) bond motifs is 8. The van der Waals surface area contributed by atoms with Crippen molar-refractivity contribution in [3.8, 4) is 79.7 Å². The van der Waals surface area contributed by atoms with Crippen molar-refractivity contribution in [2.45, 2.75) is 13.8 Å². The fourth-order valence-corrected chi connectivity index (χ4v) is 20.4. The quantitative estimate of drug-likeness (QED) is 0.0836. The van der Waals surface area contributed by atoms with Crippen LogP contribution in [0.2, 0.25) is 0 Å². The molecule has 576 valence electrons. The molecule has 4 unspecified atom stereocenters. The molecule has 0 N–H and O–H groups in total. The number of nitrogens with zero attached hydrogens (tertiary/aromatic N) is 4. The number of hydrogen-bond donors (Lipinski definition) is 0. The monoisotopic (exact) mass is 1620 g/mol. The maximum absolute atomic E-state index is 14.4. The van der Waals surface area contributed by atoms with E-state index < -0.39 is 34.1 Å². The first-order valence-corrected chi connectivity index (χ1v) is 42.3. The Morgan fingerprint density at radius 2 is 0.449 bits per heavy atom. The van der Waals surface area contributed by atoms with Gasteiger partial charge in [-0.25, -0.2) is 18.7 Å². The van der Waals surface area contributed by atoms with Crippen LogP contribution in [-0.2, 0) is 0 Å². The largest absolute Gasteiger partial charge is 0.497 e. The molecule has 4 aliphatic heterocycles. The number of anilines is 4. The van der Waals surface area contributed by atoms with Crippen molar-refractivity contribution in [3.05, 3.63) is 373 Å². The van der Waals surface area contributed by atoms with Gasteiger partial charge in [0.05, 0.1) is 59.2 Å². The van der Waals surface area contributed by atoms with E-state index in [0.29, 0.717) is 114 Å². The Morgan fingerprint density at radius 3 is 0.686 bits per heavy atom. The second kappa shape index (κ2) is 31.7.